The molecule has 6 heteroatoms. The summed E-state index contributed by atoms with van der Waals surface area (Å²) in [6.45, 7) is 0.702. The van der Waals surface area contributed by atoms with Crippen LogP contribution >= 0.6 is 0 Å². The minimum Gasteiger partial charge on any atom is -0.493 e. The maximum atomic E-state index is 11.5. The van der Waals surface area contributed by atoms with Gasteiger partial charge in [-0.15, -0.1) is 0 Å². The number of carbonyl (C=O) groups is 1. The number of methoxy groups -OCH3 is 3. The third kappa shape index (κ3) is 3.58. The third-order valence-electron chi connectivity index (χ3n) is 3.57. The molecule has 0 bridgehead atoms. The van der Waals surface area contributed by atoms with Crippen LogP contribution in [-0.2, 0) is 4.79 Å². The Balaban J connectivity index is 2.31. The van der Waals surface area contributed by atoms with Gasteiger partial charge < -0.3 is 24.6 Å². The van der Waals surface area contributed by atoms with Gasteiger partial charge in [0.1, 0.15) is 6.04 Å². The minimum absolute atomic E-state index is 0.450. The lowest BCUT2D eigenvalue weighted by molar-refractivity contribution is -0.139. The summed E-state index contributed by atoms with van der Waals surface area (Å²) in [7, 11) is 4.53. The minimum atomic E-state index is -0.926. The van der Waals surface area contributed by atoms with Gasteiger partial charge in [-0.1, -0.05) is 0 Å². The van der Waals surface area contributed by atoms with Crippen LogP contribution in [0.1, 0.15) is 24.4 Å². The smallest absolute Gasteiger partial charge is 0.325 e. The summed E-state index contributed by atoms with van der Waals surface area (Å²) >= 11 is 0. The third-order valence-corrected chi connectivity index (χ3v) is 3.57. The highest BCUT2D eigenvalue weighted by atomic mass is 16.5. The first kappa shape index (κ1) is 15.4. The second-order valence-corrected chi connectivity index (χ2v) is 5.08. The van der Waals surface area contributed by atoms with Gasteiger partial charge in [-0.2, -0.15) is 0 Å². The first-order valence-electron chi connectivity index (χ1n) is 6.86. The standard InChI is InChI=1S/C15H21NO5/c1-19-11-6-10(7-12(20-2)14(11)21-3)13(15(17)18)16-8-9-4-5-9/h6-7,9,13,16H,4-5,8H2,1-3H3,(H,17,18). The number of hydrogen-bond acceptors (Lipinski definition) is 5. The molecule has 0 amide bonds. The molecule has 2 rings (SSSR count). The SMILES string of the molecule is COc1cc(C(NCC2CC2)C(=O)O)cc(OC)c1OC. The topological polar surface area (TPSA) is 77.0 Å². The molecule has 2 N–H and O–H groups in total. The Morgan fingerprint density at radius 1 is 1.24 bits per heavy atom. The van der Waals surface area contributed by atoms with Crippen molar-refractivity contribution in [2.75, 3.05) is 27.9 Å². The Hall–Kier alpha value is -1.95. The molecule has 0 heterocycles. The van der Waals surface area contributed by atoms with Gasteiger partial charge >= 0.3 is 5.97 Å². The van der Waals surface area contributed by atoms with Crippen molar-refractivity contribution >= 4 is 5.97 Å². The summed E-state index contributed by atoms with van der Waals surface area (Å²) < 4.78 is 15.8. The number of hydrogen-bond donors (Lipinski definition) is 2. The molecular weight excluding hydrogens is 274 g/mol. The summed E-state index contributed by atoms with van der Waals surface area (Å²) in [5.74, 6) is 1.02. The van der Waals surface area contributed by atoms with E-state index in [1.807, 2.05) is 0 Å². The molecular formula is C15H21NO5. The average molecular weight is 295 g/mol. The quantitative estimate of drug-likeness (QED) is 0.762. The van der Waals surface area contributed by atoms with Crippen molar-refractivity contribution in [3.63, 3.8) is 0 Å². The first-order valence-corrected chi connectivity index (χ1v) is 6.86. The molecule has 0 radical (unpaired) electrons. The van der Waals surface area contributed by atoms with Gasteiger partial charge in [-0.3, -0.25) is 4.79 Å². The monoisotopic (exact) mass is 295 g/mol. The molecule has 1 aliphatic carbocycles. The normalized spacial score (nSPS) is 15.4. The van der Waals surface area contributed by atoms with Crippen LogP contribution in [-0.4, -0.2) is 38.9 Å². The molecule has 0 spiro atoms. The Morgan fingerprint density at radius 2 is 1.81 bits per heavy atom. The molecule has 116 valence electrons. The molecule has 6 nitrogen and oxygen atoms in total. The fourth-order valence-corrected chi connectivity index (χ4v) is 2.22. The highest BCUT2D eigenvalue weighted by Gasteiger charge is 2.27. The van der Waals surface area contributed by atoms with E-state index >= 15 is 0 Å². The van der Waals surface area contributed by atoms with Crippen LogP contribution in [0.25, 0.3) is 0 Å². The van der Waals surface area contributed by atoms with Gasteiger partial charge in [-0.25, -0.2) is 0 Å². The zero-order valence-electron chi connectivity index (χ0n) is 12.5. The zero-order valence-corrected chi connectivity index (χ0v) is 12.5. The van der Waals surface area contributed by atoms with Crippen molar-refractivity contribution < 1.29 is 24.1 Å². The van der Waals surface area contributed by atoms with Crippen LogP contribution in [0.4, 0.5) is 0 Å². The summed E-state index contributed by atoms with van der Waals surface area (Å²) in [5.41, 5.74) is 0.581. The van der Waals surface area contributed by atoms with Crippen LogP contribution in [0.15, 0.2) is 12.1 Å². The molecule has 1 aliphatic rings. The Bertz CT molecular complexity index is 488. The number of ether oxygens (including phenoxy) is 3. The Labute approximate surface area is 124 Å². The van der Waals surface area contributed by atoms with Gasteiger partial charge in [0, 0.05) is 0 Å². The van der Waals surface area contributed by atoms with E-state index in [2.05, 4.69) is 5.32 Å². The van der Waals surface area contributed by atoms with Gasteiger partial charge in [-0.05, 0) is 43.0 Å². The molecule has 1 saturated carbocycles. The highest BCUT2D eigenvalue weighted by molar-refractivity contribution is 5.76. The average Bonchev–Trinajstić information content (AvgIpc) is 3.30. The Morgan fingerprint density at radius 3 is 2.19 bits per heavy atom. The van der Waals surface area contributed by atoms with E-state index < -0.39 is 12.0 Å². The number of nitrogens with one attached hydrogen (secondary N) is 1. The van der Waals surface area contributed by atoms with Crippen molar-refractivity contribution in [3.8, 4) is 17.2 Å². The molecule has 21 heavy (non-hydrogen) atoms. The summed E-state index contributed by atoms with van der Waals surface area (Å²) in [4.78, 5) is 11.5. The van der Waals surface area contributed by atoms with Crippen molar-refractivity contribution in [3.05, 3.63) is 17.7 Å². The molecule has 1 fully saturated rings. The van der Waals surface area contributed by atoms with Crippen LogP contribution in [0.5, 0.6) is 17.2 Å². The fourth-order valence-electron chi connectivity index (χ4n) is 2.22. The maximum Gasteiger partial charge on any atom is 0.325 e. The molecule has 1 atom stereocenters. The second-order valence-electron chi connectivity index (χ2n) is 5.08. The van der Waals surface area contributed by atoms with E-state index in [4.69, 9.17) is 14.2 Å². The lowest BCUT2D eigenvalue weighted by Gasteiger charge is -2.19. The zero-order chi connectivity index (χ0) is 15.4. The van der Waals surface area contributed by atoms with E-state index in [-0.39, 0.29) is 0 Å². The van der Waals surface area contributed by atoms with Gasteiger partial charge in [0.15, 0.2) is 11.5 Å². The number of benzene rings is 1. The van der Waals surface area contributed by atoms with E-state index in [1.165, 1.54) is 21.3 Å². The molecule has 1 aromatic carbocycles. The number of carboxylic acid groups (broad SMARTS) is 1. The van der Waals surface area contributed by atoms with E-state index in [9.17, 15) is 9.90 Å². The van der Waals surface area contributed by atoms with Gasteiger partial charge in [0.25, 0.3) is 0 Å². The van der Waals surface area contributed by atoms with Gasteiger partial charge in [0.05, 0.1) is 21.3 Å². The molecule has 1 aromatic rings. The molecule has 0 saturated heterocycles. The van der Waals surface area contributed by atoms with Crippen LogP contribution in [0, 0.1) is 5.92 Å². The summed E-state index contributed by atoms with van der Waals surface area (Å²) in [6, 6.07) is 2.54. The summed E-state index contributed by atoms with van der Waals surface area (Å²) in [5, 5.41) is 12.5. The lowest BCUT2D eigenvalue weighted by atomic mass is 10.1. The maximum absolute atomic E-state index is 11.5. The number of rotatable bonds is 8. The molecule has 1 unspecified atom stereocenters. The molecule has 0 aliphatic heterocycles. The summed E-state index contributed by atoms with van der Waals surface area (Å²) in [6.07, 6.45) is 2.32. The van der Waals surface area contributed by atoms with Crippen molar-refractivity contribution in [2.45, 2.75) is 18.9 Å². The predicted molar refractivity (Wildman–Crippen MR) is 77.2 cm³/mol. The number of carboxylic acids is 1. The van der Waals surface area contributed by atoms with E-state index in [0.717, 1.165) is 12.8 Å². The lowest BCUT2D eigenvalue weighted by Crippen LogP contribution is -2.30. The largest absolute Gasteiger partial charge is 0.493 e. The van der Waals surface area contributed by atoms with E-state index in [1.54, 1.807) is 12.1 Å². The van der Waals surface area contributed by atoms with E-state index in [0.29, 0.717) is 35.3 Å². The van der Waals surface area contributed by atoms with Crippen molar-refractivity contribution in [1.29, 1.82) is 0 Å². The molecule has 0 aromatic heterocycles. The van der Waals surface area contributed by atoms with Gasteiger partial charge in [0.2, 0.25) is 5.75 Å². The second kappa shape index (κ2) is 6.67. The van der Waals surface area contributed by atoms with Crippen LogP contribution in [0.2, 0.25) is 0 Å². The van der Waals surface area contributed by atoms with Crippen LogP contribution < -0.4 is 19.5 Å². The van der Waals surface area contributed by atoms with Crippen LogP contribution in [0.3, 0.4) is 0 Å². The predicted octanol–water partition coefficient (Wildman–Crippen LogP) is 1.84. The fraction of sp³-hybridized carbons (Fsp3) is 0.533. The Kier molecular flexibility index (Phi) is 4.90. The first-order chi connectivity index (χ1) is 10.1. The highest BCUT2D eigenvalue weighted by Crippen LogP contribution is 2.40. The van der Waals surface area contributed by atoms with Crippen molar-refractivity contribution in [2.24, 2.45) is 5.92 Å². The van der Waals surface area contributed by atoms with Crippen molar-refractivity contribution in [1.82, 2.24) is 5.32 Å². The number of aliphatic carboxylic acids is 1.